The van der Waals surface area contributed by atoms with E-state index in [1.54, 1.807) is 10.9 Å². The molecule has 22 heavy (non-hydrogen) atoms. The van der Waals surface area contributed by atoms with Crippen molar-refractivity contribution in [3.8, 4) is 11.3 Å². The van der Waals surface area contributed by atoms with Gasteiger partial charge in [-0.2, -0.15) is 5.10 Å². The van der Waals surface area contributed by atoms with Gasteiger partial charge in [-0.15, -0.1) is 0 Å². The van der Waals surface area contributed by atoms with Gasteiger partial charge in [-0.3, -0.25) is 9.48 Å². The number of aryl methyl sites for hydroxylation is 1. The van der Waals surface area contributed by atoms with E-state index in [0.29, 0.717) is 35.4 Å². The average molecular weight is 319 g/mol. The number of carbonyl (C=O) groups excluding carboxylic acids is 1. The van der Waals surface area contributed by atoms with Gasteiger partial charge in [0.25, 0.3) is 5.91 Å². The van der Waals surface area contributed by atoms with Gasteiger partial charge in [0.05, 0.1) is 10.6 Å². The third-order valence-corrected chi connectivity index (χ3v) is 4.17. The molecule has 1 aromatic heterocycles. The maximum Gasteiger partial charge on any atom is 0.257 e. The van der Waals surface area contributed by atoms with Crippen molar-refractivity contribution in [2.24, 2.45) is 7.05 Å². The Morgan fingerprint density at radius 2 is 2.18 bits per heavy atom. The molecule has 0 spiro atoms. The molecule has 0 unspecified atom stereocenters. The average Bonchev–Trinajstić information content (AvgIpc) is 2.88. The minimum atomic E-state index is 0.0105. The molecular weight excluding hydrogens is 300 g/mol. The minimum absolute atomic E-state index is 0.0105. The smallest absolute Gasteiger partial charge is 0.257 e. The molecule has 1 aliphatic heterocycles. The summed E-state index contributed by atoms with van der Waals surface area (Å²) < 4.78 is 1.66. The van der Waals surface area contributed by atoms with Crippen molar-refractivity contribution in [3.05, 3.63) is 41.0 Å². The van der Waals surface area contributed by atoms with E-state index < -0.39 is 0 Å². The number of benzene rings is 1. The molecule has 1 fully saturated rings. The summed E-state index contributed by atoms with van der Waals surface area (Å²) in [5.41, 5.74) is 2.03. The Morgan fingerprint density at radius 1 is 1.41 bits per heavy atom. The lowest BCUT2D eigenvalue weighted by atomic mass is 10.1. The van der Waals surface area contributed by atoms with E-state index in [4.69, 9.17) is 11.6 Å². The lowest BCUT2D eigenvalue weighted by Crippen LogP contribution is -2.51. The fraction of sp³-hybridized carbons (Fsp3) is 0.375. The number of nitrogens with zero attached hydrogens (tertiary/aromatic N) is 3. The van der Waals surface area contributed by atoms with Gasteiger partial charge in [0, 0.05) is 44.5 Å². The third kappa shape index (κ3) is 2.87. The van der Waals surface area contributed by atoms with E-state index in [1.165, 1.54) is 0 Å². The first kappa shape index (κ1) is 15.1. The van der Waals surface area contributed by atoms with E-state index in [1.807, 2.05) is 36.2 Å². The van der Waals surface area contributed by atoms with Crippen molar-refractivity contribution in [1.82, 2.24) is 20.0 Å². The van der Waals surface area contributed by atoms with Crippen LogP contribution in [-0.2, 0) is 7.05 Å². The molecule has 0 aliphatic carbocycles. The largest absolute Gasteiger partial charge is 0.336 e. The van der Waals surface area contributed by atoms with Gasteiger partial charge in [-0.1, -0.05) is 29.8 Å². The van der Waals surface area contributed by atoms with Crippen LogP contribution < -0.4 is 5.32 Å². The molecule has 0 bridgehead atoms. The number of hydrogen-bond acceptors (Lipinski definition) is 3. The second-order valence-electron chi connectivity index (χ2n) is 5.65. The second kappa shape index (κ2) is 6.10. The number of rotatable bonds is 2. The van der Waals surface area contributed by atoms with E-state index in [-0.39, 0.29) is 5.91 Å². The van der Waals surface area contributed by atoms with Crippen molar-refractivity contribution >= 4 is 17.5 Å². The zero-order valence-electron chi connectivity index (χ0n) is 12.7. The Bertz CT molecular complexity index is 697. The predicted octanol–water partition coefficient (Wildman–Crippen LogP) is 2.17. The summed E-state index contributed by atoms with van der Waals surface area (Å²) in [5.74, 6) is 0.0105. The molecule has 116 valence electrons. The Labute approximate surface area is 134 Å². The molecule has 6 heteroatoms. The maximum absolute atomic E-state index is 12.9. The zero-order chi connectivity index (χ0) is 15.7. The van der Waals surface area contributed by atoms with Crippen LogP contribution in [0.1, 0.15) is 17.3 Å². The van der Waals surface area contributed by atoms with Crippen molar-refractivity contribution in [2.75, 3.05) is 19.6 Å². The Morgan fingerprint density at radius 3 is 2.91 bits per heavy atom. The summed E-state index contributed by atoms with van der Waals surface area (Å²) in [5, 5.41) is 8.39. The van der Waals surface area contributed by atoms with E-state index >= 15 is 0 Å². The minimum Gasteiger partial charge on any atom is -0.336 e. The number of carbonyl (C=O) groups is 1. The Kier molecular flexibility index (Phi) is 4.18. The van der Waals surface area contributed by atoms with Gasteiger partial charge in [0.2, 0.25) is 0 Å². The van der Waals surface area contributed by atoms with Gasteiger partial charge in [-0.25, -0.2) is 0 Å². The Hall–Kier alpha value is -1.85. The van der Waals surface area contributed by atoms with Gasteiger partial charge in [0.15, 0.2) is 0 Å². The zero-order valence-corrected chi connectivity index (χ0v) is 13.5. The van der Waals surface area contributed by atoms with Crippen molar-refractivity contribution in [3.63, 3.8) is 0 Å². The van der Waals surface area contributed by atoms with Gasteiger partial charge in [0.1, 0.15) is 5.69 Å². The van der Waals surface area contributed by atoms with Crippen LogP contribution >= 0.6 is 11.6 Å². The summed E-state index contributed by atoms with van der Waals surface area (Å²) in [4.78, 5) is 14.7. The molecule has 1 aromatic carbocycles. The van der Waals surface area contributed by atoms with Crippen LogP contribution in [0.25, 0.3) is 11.3 Å². The predicted molar refractivity (Wildman–Crippen MR) is 87.0 cm³/mol. The molecule has 2 heterocycles. The SMILES string of the molecule is C[C@@H]1CN(C(=O)c2cn(C)nc2-c2ccccc2Cl)CCN1. The third-order valence-electron chi connectivity index (χ3n) is 3.84. The molecule has 1 atom stereocenters. The molecule has 1 N–H and O–H groups in total. The number of hydrogen-bond donors (Lipinski definition) is 1. The summed E-state index contributed by atoms with van der Waals surface area (Å²) in [6, 6.07) is 7.78. The highest BCUT2D eigenvalue weighted by atomic mass is 35.5. The van der Waals surface area contributed by atoms with E-state index in [0.717, 1.165) is 12.1 Å². The summed E-state index contributed by atoms with van der Waals surface area (Å²) in [6.45, 7) is 4.31. The number of piperazine rings is 1. The normalized spacial score (nSPS) is 18.5. The molecule has 5 nitrogen and oxygen atoms in total. The van der Waals surface area contributed by atoms with Crippen LogP contribution in [0.2, 0.25) is 5.02 Å². The van der Waals surface area contributed by atoms with Crippen LogP contribution in [0.4, 0.5) is 0 Å². The highest BCUT2D eigenvalue weighted by molar-refractivity contribution is 6.33. The molecule has 3 rings (SSSR count). The molecule has 1 amide bonds. The summed E-state index contributed by atoms with van der Waals surface area (Å²) in [7, 11) is 1.82. The van der Waals surface area contributed by atoms with Crippen LogP contribution in [0.3, 0.4) is 0 Å². The van der Waals surface area contributed by atoms with Crippen LogP contribution in [-0.4, -0.2) is 46.3 Å². The first-order valence-corrected chi connectivity index (χ1v) is 7.75. The van der Waals surface area contributed by atoms with Gasteiger partial charge < -0.3 is 10.2 Å². The standard InChI is InChI=1S/C16H19ClN4O/c1-11-9-21(8-7-18-11)16(22)13-10-20(2)19-15(13)12-5-3-4-6-14(12)17/h3-6,10-11,18H,7-9H2,1-2H3/t11-/m1/s1. The molecule has 0 saturated carbocycles. The number of aromatic nitrogens is 2. The van der Waals surface area contributed by atoms with Crippen molar-refractivity contribution in [2.45, 2.75) is 13.0 Å². The van der Waals surface area contributed by atoms with Gasteiger partial charge >= 0.3 is 0 Å². The molecule has 1 aliphatic rings. The second-order valence-corrected chi connectivity index (χ2v) is 6.06. The quantitative estimate of drug-likeness (QED) is 0.923. The van der Waals surface area contributed by atoms with E-state index in [9.17, 15) is 4.79 Å². The van der Waals surface area contributed by atoms with Crippen molar-refractivity contribution in [1.29, 1.82) is 0 Å². The molecule has 1 saturated heterocycles. The fourth-order valence-corrected chi connectivity index (χ4v) is 3.01. The molecule has 2 aromatic rings. The van der Waals surface area contributed by atoms with E-state index in [2.05, 4.69) is 17.3 Å². The summed E-state index contributed by atoms with van der Waals surface area (Å²) >= 11 is 6.27. The highest BCUT2D eigenvalue weighted by Crippen LogP contribution is 2.29. The monoisotopic (exact) mass is 318 g/mol. The number of halogens is 1. The molecule has 0 radical (unpaired) electrons. The lowest BCUT2D eigenvalue weighted by Gasteiger charge is -2.31. The van der Waals surface area contributed by atoms with Crippen LogP contribution in [0.5, 0.6) is 0 Å². The maximum atomic E-state index is 12.9. The first-order chi connectivity index (χ1) is 10.6. The topological polar surface area (TPSA) is 50.2 Å². The van der Waals surface area contributed by atoms with Crippen LogP contribution in [0, 0.1) is 0 Å². The van der Waals surface area contributed by atoms with Crippen molar-refractivity contribution < 1.29 is 4.79 Å². The highest BCUT2D eigenvalue weighted by Gasteiger charge is 2.26. The summed E-state index contributed by atoms with van der Waals surface area (Å²) in [6.07, 6.45) is 1.77. The fourth-order valence-electron chi connectivity index (χ4n) is 2.78. The first-order valence-electron chi connectivity index (χ1n) is 7.37. The van der Waals surface area contributed by atoms with Gasteiger partial charge in [-0.05, 0) is 13.0 Å². The number of nitrogens with one attached hydrogen (secondary N) is 1. The number of amides is 1. The van der Waals surface area contributed by atoms with Crippen LogP contribution in [0.15, 0.2) is 30.5 Å². The lowest BCUT2D eigenvalue weighted by molar-refractivity contribution is 0.0710. The molecular formula is C16H19ClN4O. The Balaban J connectivity index is 1.98.